The molecule has 13 heteroatoms. The van der Waals surface area contributed by atoms with Gasteiger partial charge >= 0.3 is 0 Å². The van der Waals surface area contributed by atoms with Crippen LogP contribution in [0.4, 0.5) is 0 Å². The Balaban J connectivity index is 1.14. The molecule has 11 nitrogen and oxygen atoms in total. The number of carbonyl (C=O) groups is 1. The number of rotatable bonds is 12. The number of Topliss-reactive ketones (excluding diaryl/α,β-unsaturated/α-hetero) is 1. The van der Waals surface area contributed by atoms with E-state index in [2.05, 4.69) is 61.8 Å². The topological polar surface area (TPSA) is 123 Å². The van der Waals surface area contributed by atoms with Crippen molar-refractivity contribution in [2.24, 2.45) is 14.1 Å². The van der Waals surface area contributed by atoms with Gasteiger partial charge in [0.2, 0.25) is 0 Å². The highest BCUT2D eigenvalue weighted by molar-refractivity contribution is 9.10. The number of benzene rings is 4. The van der Waals surface area contributed by atoms with E-state index in [0.29, 0.717) is 45.6 Å². The van der Waals surface area contributed by atoms with E-state index in [1.165, 1.54) is 12.7 Å². The van der Waals surface area contributed by atoms with Gasteiger partial charge in [0, 0.05) is 23.0 Å². The molecule has 0 aliphatic rings. The number of fused-ring (bicyclic) bond motifs is 2. The normalized spacial score (nSPS) is 12.8. The van der Waals surface area contributed by atoms with E-state index in [9.17, 15) is 0 Å². The van der Waals surface area contributed by atoms with Crippen LogP contribution in [0.15, 0.2) is 143 Å². The van der Waals surface area contributed by atoms with Gasteiger partial charge in [0.05, 0.1) is 24.5 Å². The van der Waals surface area contributed by atoms with E-state index in [1.54, 1.807) is 21.8 Å². The number of ether oxygens (including phenoxy) is 2. The molecule has 4 heterocycles. The van der Waals surface area contributed by atoms with Gasteiger partial charge in [-0.05, 0) is 58.7 Å². The molecule has 4 aromatic carbocycles. The Morgan fingerprint density at radius 3 is 1.39 bits per heavy atom. The lowest BCUT2D eigenvalue weighted by Gasteiger charge is -2.20. The summed E-state index contributed by atoms with van der Waals surface area (Å²) in [5.41, 5.74) is 5.91. The van der Waals surface area contributed by atoms with Crippen LogP contribution in [0.3, 0.4) is 0 Å². The molecule has 0 spiro atoms. The lowest BCUT2D eigenvalue weighted by Crippen LogP contribution is -2.18. The maximum atomic E-state index is 15.1. The predicted molar refractivity (Wildman–Crippen MR) is 222 cm³/mol. The van der Waals surface area contributed by atoms with Gasteiger partial charge in [-0.2, -0.15) is 9.97 Å². The Hall–Kier alpha value is -6.31. The average molecular weight is 869 g/mol. The first-order chi connectivity index (χ1) is 27.3. The van der Waals surface area contributed by atoms with Crippen molar-refractivity contribution in [3.63, 3.8) is 0 Å². The van der Waals surface area contributed by atoms with Crippen molar-refractivity contribution in [1.82, 2.24) is 39.0 Å². The van der Waals surface area contributed by atoms with Gasteiger partial charge in [0.25, 0.3) is 11.8 Å². The Morgan fingerprint density at radius 2 is 0.982 bits per heavy atom. The third-order valence-corrected chi connectivity index (χ3v) is 10.6. The van der Waals surface area contributed by atoms with Crippen molar-refractivity contribution < 1.29 is 14.3 Å². The number of aryl methyl sites for hydroxylation is 2. The van der Waals surface area contributed by atoms with Crippen LogP contribution in [0.2, 0.25) is 0 Å². The lowest BCUT2D eigenvalue weighted by molar-refractivity contribution is -0.120. The van der Waals surface area contributed by atoms with Crippen molar-refractivity contribution in [1.29, 1.82) is 0 Å². The summed E-state index contributed by atoms with van der Waals surface area (Å²) >= 11 is 7.31. The molecule has 0 N–H and O–H groups in total. The number of carbonyl (C=O) groups excluding carboxylic acids is 1. The summed E-state index contributed by atoms with van der Waals surface area (Å²) in [7, 11) is 3.73. The van der Waals surface area contributed by atoms with Crippen LogP contribution in [0.1, 0.15) is 34.1 Å². The van der Waals surface area contributed by atoms with E-state index in [0.717, 1.165) is 31.2 Å². The predicted octanol–water partition coefficient (Wildman–Crippen LogP) is 10.0. The molecule has 0 aliphatic carbocycles. The molecule has 0 amide bonds. The van der Waals surface area contributed by atoms with Crippen LogP contribution in [0, 0.1) is 0 Å². The van der Waals surface area contributed by atoms with Gasteiger partial charge < -0.3 is 18.6 Å². The van der Waals surface area contributed by atoms with E-state index in [-0.39, 0.29) is 5.78 Å². The number of halogens is 2. The standard InChI is InChI=1S/C43H32Br2N8O3/c1-52-25-50-37-40(52)46-23-48-42(37)55-31-17-11-27(12-18-31)33(21-15-29-7-3-5-9-35(29)44)39(54)34(22-16-30-8-4-6-10-36(30)45)28-13-19-32(20-14-28)56-43-38-41(47-24-49-43)53(2)26-51-38/h3-26,33-34H,1-2H3/b21-15+,22-16+. The monoisotopic (exact) mass is 866 g/mol. The third-order valence-electron chi connectivity index (χ3n) is 9.19. The number of aromatic nitrogens is 8. The minimum Gasteiger partial charge on any atom is -0.437 e. The fourth-order valence-electron chi connectivity index (χ4n) is 6.26. The third kappa shape index (κ3) is 7.77. The Morgan fingerprint density at radius 1 is 0.571 bits per heavy atom. The highest BCUT2D eigenvalue weighted by atomic mass is 79.9. The Kier molecular flexibility index (Phi) is 10.6. The van der Waals surface area contributed by atoms with Gasteiger partial charge in [-0.3, -0.25) is 4.79 Å². The van der Waals surface area contributed by atoms with E-state index >= 15 is 4.79 Å². The lowest BCUT2D eigenvalue weighted by atomic mass is 9.82. The number of ketones is 1. The summed E-state index contributed by atoms with van der Waals surface area (Å²) in [5, 5.41) is 0. The van der Waals surface area contributed by atoms with Crippen LogP contribution in [0.25, 0.3) is 34.5 Å². The summed E-state index contributed by atoms with van der Waals surface area (Å²) in [5.74, 6) is 0.483. The molecular weight excluding hydrogens is 836 g/mol. The summed E-state index contributed by atoms with van der Waals surface area (Å²) in [6, 6.07) is 30.8. The molecule has 276 valence electrons. The maximum Gasteiger partial charge on any atom is 0.250 e. The van der Waals surface area contributed by atoms with Crippen molar-refractivity contribution in [2.75, 3.05) is 0 Å². The highest BCUT2D eigenvalue weighted by Crippen LogP contribution is 2.35. The average Bonchev–Trinajstić information content (AvgIpc) is 3.80. The quantitative estimate of drug-likeness (QED) is 0.118. The molecule has 2 unspecified atom stereocenters. The number of hydrogen-bond donors (Lipinski definition) is 0. The second kappa shape index (κ2) is 16.2. The second-order valence-electron chi connectivity index (χ2n) is 12.9. The van der Waals surface area contributed by atoms with Crippen LogP contribution in [0.5, 0.6) is 23.3 Å². The zero-order chi connectivity index (χ0) is 38.6. The smallest absolute Gasteiger partial charge is 0.250 e. The number of hydrogen-bond acceptors (Lipinski definition) is 9. The van der Waals surface area contributed by atoms with E-state index < -0.39 is 11.8 Å². The number of allylic oxidation sites excluding steroid dienone is 2. The molecule has 8 aromatic rings. The fourth-order valence-corrected chi connectivity index (χ4v) is 7.10. The zero-order valence-corrected chi connectivity index (χ0v) is 33.2. The minimum atomic E-state index is -0.638. The van der Waals surface area contributed by atoms with E-state index in [4.69, 9.17) is 9.47 Å². The zero-order valence-electron chi connectivity index (χ0n) is 30.1. The molecule has 8 rings (SSSR count). The highest BCUT2D eigenvalue weighted by Gasteiger charge is 2.27. The van der Waals surface area contributed by atoms with Gasteiger partial charge in [0.15, 0.2) is 28.1 Å². The van der Waals surface area contributed by atoms with Crippen LogP contribution in [-0.2, 0) is 18.9 Å². The molecule has 0 bridgehead atoms. The van der Waals surface area contributed by atoms with Gasteiger partial charge in [-0.1, -0.05) is 117 Å². The second-order valence-corrected chi connectivity index (χ2v) is 14.6. The van der Waals surface area contributed by atoms with Crippen molar-refractivity contribution >= 4 is 72.1 Å². The summed E-state index contributed by atoms with van der Waals surface area (Å²) < 4.78 is 17.8. The van der Waals surface area contributed by atoms with Gasteiger partial charge in [-0.15, -0.1) is 0 Å². The van der Waals surface area contributed by atoms with Crippen LogP contribution < -0.4 is 9.47 Å². The summed E-state index contributed by atoms with van der Waals surface area (Å²) in [4.78, 5) is 41.1. The molecule has 0 saturated heterocycles. The molecule has 0 fully saturated rings. The molecule has 0 radical (unpaired) electrons. The van der Waals surface area contributed by atoms with Gasteiger partial charge in [-0.25, -0.2) is 19.9 Å². The first kappa shape index (κ1) is 36.7. The van der Waals surface area contributed by atoms with E-state index in [1.807, 2.05) is 135 Å². The maximum absolute atomic E-state index is 15.1. The summed E-state index contributed by atoms with van der Waals surface area (Å²) in [6.07, 6.45) is 14.1. The largest absolute Gasteiger partial charge is 0.437 e. The molecule has 56 heavy (non-hydrogen) atoms. The van der Waals surface area contributed by atoms with Crippen molar-refractivity contribution in [3.05, 3.63) is 166 Å². The Labute approximate surface area is 338 Å². The van der Waals surface area contributed by atoms with Crippen molar-refractivity contribution in [2.45, 2.75) is 11.8 Å². The fraction of sp³-hybridized carbons (Fsp3) is 0.0930. The summed E-state index contributed by atoms with van der Waals surface area (Å²) in [6.45, 7) is 0. The first-order valence-corrected chi connectivity index (χ1v) is 19.1. The first-order valence-electron chi connectivity index (χ1n) is 17.5. The van der Waals surface area contributed by atoms with Crippen LogP contribution >= 0.6 is 31.9 Å². The Bertz CT molecular complexity index is 2560. The number of nitrogens with zero attached hydrogens (tertiary/aromatic N) is 8. The van der Waals surface area contributed by atoms with Gasteiger partial charge in [0.1, 0.15) is 24.2 Å². The molecule has 0 aliphatic heterocycles. The molecule has 4 aromatic heterocycles. The molecule has 2 atom stereocenters. The minimum absolute atomic E-state index is 0.0315. The SMILES string of the molecule is Cn1cnc2c(Oc3ccc(C(/C=C/c4ccccc4Br)C(=O)C(/C=C/c4ccccc4Br)c4ccc(Oc5ncnc6c5ncn6C)cc4)cc3)ncnc21. The molecular formula is C43H32Br2N8O3. The van der Waals surface area contributed by atoms with Crippen LogP contribution in [-0.4, -0.2) is 44.8 Å². The van der Waals surface area contributed by atoms with Crippen molar-refractivity contribution in [3.8, 4) is 23.3 Å². The molecule has 0 saturated carbocycles. The number of imidazole rings is 2.